The number of aryl methyl sites for hydroxylation is 1. The third kappa shape index (κ3) is 1.04. The summed E-state index contributed by atoms with van der Waals surface area (Å²) in [5.41, 5.74) is 1.33. The molecule has 1 aromatic heterocycles. The second-order valence-electron chi connectivity index (χ2n) is 1.74. The van der Waals surface area contributed by atoms with Crippen LogP contribution in [0.5, 0.6) is 0 Å². The van der Waals surface area contributed by atoms with E-state index in [2.05, 4.69) is 23.6 Å². The predicted octanol–water partition coefficient (Wildman–Crippen LogP) is 1.02. The minimum atomic E-state index is 1.24. The lowest BCUT2D eigenvalue weighted by Crippen LogP contribution is -1.83. The molecule has 0 aromatic carbocycles. The van der Waals surface area contributed by atoms with Gasteiger partial charge in [-0.2, -0.15) is 0 Å². The van der Waals surface area contributed by atoms with Gasteiger partial charge in [0.1, 0.15) is 0 Å². The van der Waals surface area contributed by atoms with Crippen LogP contribution in [0.4, 0.5) is 5.00 Å². The molecule has 0 amide bonds. The standard InChI is InChI=1S/C5H8BNS/c1-4-2-5(7-6)8-3-4/h2-3,7H,6H2,1H3. The summed E-state index contributed by atoms with van der Waals surface area (Å²) >= 11 is 1.74. The van der Waals surface area contributed by atoms with Crippen LogP contribution in [0.3, 0.4) is 0 Å². The molecular weight excluding hydrogens is 117 g/mol. The molecule has 3 heteroatoms. The van der Waals surface area contributed by atoms with Gasteiger partial charge in [-0.25, -0.2) is 0 Å². The molecule has 0 aliphatic rings. The Hall–Kier alpha value is -0.435. The van der Waals surface area contributed by atoms with Gasteiger partial charge in [-0.3, -0.25) is 0 Å². The normalized spacial score (nSPS) is 9.12. The summed E-state index contributed by atoms with van der Waals surface area (Å²) in [5.74, 6) is 0. The fourth-order valence-corrected chi connectivity index (χ4v) is 1.32. The van der Waals surface area contributed by atoms with Crippen molar-refractivity contribution < 1.29 is 0 Å². The average Bonchev–Trinajstić information content (AvgIpc) is 2.14. The topological polar surface area (TPSA) is 12.0 Å². The summed E-state index contributed by atoms with van der Waals surface area (Å²) in [5, 5.41) is 6.44. The highest BCUT2D eigenvalue weighted by atomic mass is 32.1. The summed E-state index contributed by atoms with van der Waals surface area (Å²) in [6, 6.07) is 2.13. The van der Waals surface area contributed by atoms with Gasteiger partial charge in [0.15, 0.2) is 0 Å². The first kappa shape index (κ1) is 5.70. The highest BCUT2D eigenvalue weighted by molar-refractivity contribution is 7.14. The molecule has 8 heavy (non-hydrogen) atoms. The van der Waals surface area contributed by atoms with Crippen molar-refractivity contribution in [3.05, 3.63) is 17.0 Å². The molecule has 1 nitrogen and oxygen atoms in total. The Labute approximate surface area is 54.2 Å². The van der Waals surface area contributed by atoms with Crippen molar-refractivity contribution in [2.45, 2.75) is 6.92 Å². The first-order chi connectivity index (χ1) is 3.83. The van der Waals surface area contributed by atoms with Crippen molar-refractivity contribution in [3.8, 4) is 0 Å². The maximum atomic E-state index is 3.07. The summed E-state index contributed by atoms with van der Waals surface area (Å²) in [7, 11) is 1.94. The van der Waals surface area contributed by atoms with Crippen LogP contribution >= 0.6 is 11.3 Å². The van der Waals surface area contributed by atoms with Crippen molar-refractivity contribution in [2.24, 2.45) is 0 Å². The van der Waals surface area contributed by atoms with E-state index in [1.807, 2.05) is 7.98 Å². The summed E-state index contributed by atoms with van der Waals surface area (Å²) < 4.78 is 0. The Kier molecular flexibility index (Phi) is 1.58. The van der Waals surface area contributed by atoms with Crippen LogP contribution < -0.4 is 5.23 Å². The van der Waals surface area contributed by atoms with E-state index >= 15 is 0 Å². The third-order valence-corrected chi connectivity index (χ3v) is 2.04. The number of hydrogen-bond acceptors (Lipinski definition) is 2. The van der Waals surface area contributed by atoms with Crippen molar-refractivity contribution >= 4 is 24.3 Å². The monoisotopic (exact) mass is 125 g/mol. The molecular formula is C5H8BNS. The summed E-state index contributed by atoms with van der Waals surface area (Å²) in [4.78, 5) is 0. The van der Waals surface area contributed by atoms with Crippen molar-refractivity contribution in [1.29, 1.82) is 0 Å². The zero-order chi connectivity index (χ0) is 5.98. The first-order valence-electron chi connectivity index (χ1n) is 2.56. The minimum absolute atomic E-state index is 1.24. The minimum Gasteiger partial charge on any atom is -0.426 e. The lowest BCUT2D eigenvalue weighted by Gasteiger charge is -1.86. The van der Waals surface area contributed by atoms with E-state index in [-0.39, 0.29) is 0 Å². The highest BCUT2D eigenvalue weighted by Gasteiger charge is 1.88. The van der Waals surface area contributed by atoms with E-state index in [1.165, 1.54) is 10.6 Å². The van der Waals surface area contributed by atoms with Gasteiger partial charge in [0.25, 0.3) is 0 Å². The Bertz CT molecular complexity index is 173. The Morgan fingerprint density at radius 2 is 2.50 bits per heavy atom. The molecule has 0 spiro atoms. The zero-order valence-electron chi connectivity index (χ0n) is 5.06. The van der Waals surface area contributed by atoms with E-state index in [0.29, 0.717) is 0 Å². The number of hydrogen-bond donors (Lipinski definition) is 1. The first-order valence-corrected chi connectivity index (χ1v) is 3.44. The molecule has 0 fully saturated rings. The predicted molar refractivity (Wildman–Crippen MR) is 41.2 cm³/mol. The molecule has 0 unspecified atom stereocenters. The van der Waals surface area contributed by atoms with Gasteiger partial charge in [-0.05, 0) is 23.9 Å². The Balaban J connectivity index is 2.84. The van der Waals surface area contributed by atoms with Gasteiger partial charge in [0.05, 0.1) is 5.00 Å². The molecule has 1 N–H and O–H groups in total. The molecule has 0 atom stereocenters. The van der Waals surface area contributed by atoms with Crippen LogP contribution in [0.1, 0.15) is 5.56 Å². The second kappa shape index (κ2) is 2.22. The van der Waals surface area contributed by atoms with Crippen LogP contribution in [0, 0.1) is 6.92 Å². The number of nitrogens with one attached hydrogen (secondary N) is 1. The van der Waals surface area contributed by atoms with Gasteiger partial charge in [-0.15, -0.1) is 11.3 Å². The molecule has 0 radical (unpaired) electrons. The van der Waals surface area contributed by atoms with Crippen LogP contribution in [-0.2, 0) is 0 Å². The fourth-order valence-electron chi connectivity index (χ4n) is 0.562. The average molecular weight is 125 g/mol. The molecule has 0 aliphatic heterocycles. The number of rotatable bonds is 1. The van der Waals surface area contributed by atoms with Crippen LogP contribution in [0.25, 0.3) is 0 Å². The van der Waals surface area contributed by atoms with Gasteiger partial charge in [-0.1, -0.05) is 0 Å². The largest absolute Gasteiger partial charge is 0.426 e. The molecule has 0 saturated carbocycles. The van der Waals surface area contributed by atoms with Gasteiger partial charge >= 0.3 is 0 Å². The Morgan fingerprint density at radius 3 is 2.75 bits per heavy atom. The summed E-state index contributed by atoms with van der Waals surface area (Å²) in [6.07, 6.45) is 0. The van der Waals surface area contributed by atoms with Crippen LogP contribution in [-0.4, -0.2) is 7.98 Å². The second-order valence-corrected chi connectivity index (χ2v) is 2.65. The van der Waals surface area contributed by atoms with Crippen LogP contribution in [0.15, 0.2) is 11.4 Å². The number of anilines is 1. The fraction of sp³-hybridized carbons (Fsp3) is 0.200. The zero-order valence-corrected chi connectivity index (χ0v) is 5.88. The lowest BCUT2D eigenvalue weighted by molar-refractivity contribution is 1.56. The lowest BCUT2D eigenvalue weighted by atomic mass is 10.3. The van der Waals surface area contributed by atoms with Gasteiger partial charge < -0.3 is 5.23 Å². The maximum Gasteiger partial charge on any atom is 0.214 e. The van der Waals surface area contributed by atoms with Crippen LogP contribution in [0.2, 0.25) is 0 Å². The Morgan fingerprint density at radius 1 is 1.75 bits per heavy atom. The quantitative estimate of drug-likeness (QED) is 0.552. The van der Waals surface area contributed by atoms with E-state index in [1.54, 1.807) is 11.3 Å². The van der Waals surface area contributed by atoms with Crippen molar-refractivity contribution in [2.75, 3.05) is 5.23 Å². The van der Waals surface area contributed by atoms with Gasteiger partial charge in [0.2, 0.25) is 7.98 Å². The highest BCUT2D eigenvalue weighted by Crippen LogP contribution is 2.17. The SMILES string of the molecule is BNc1cc(C)cs1. The van der Waals surface area contributed by atoms with E-state index in [4.69, 9.17) is 0 Å². The van der Waals surface area contributed by atoms with Gasteiger partial charge in [0, 0.05) is 0 Å². The molecule has 0 bridgehead atoms. The van der Waals surface area contributed by atoms with Crippen molar-refractivity contribution in [3.63, 3.8) is 0 Å². The summed E-state index contributed by atoms with van der Waals surface area (Å²) in [6.45, 7) is 2.09. The van der Waals surface area contributed by atoms with E-state index < -0.39 is 0 Å². The molecule has 0 aliphatic carbocycles. The molecule has 1 aromatic rings. The molecule has 1 heterocycles. The van der Waals surface area contributed by atoms with E-state index in [0.717, 1.165) is 0 Å². The molecule has 1 rings (SSSR count). The third-order valence-electron chi connectivity index (χ3n) is 0.977. The maximum absolute atomic E-state index is 3.07. The molecule has 0 saturated heterocycles. The smallest absolute Gasteiger partial charge is 0.214 e. The number of thiophene rings is 1. The van der Waals surface area contributed by atoms with Crippen molar-refractivity contribution in [1.82, 2.24) is 0 Å². The van der Waals surface area contributed by atoms with E-state index in [9.17, 15) is 0 Å². The molecule has 42 valence electrons.